The molecule has 1 aromatic carbocycles. The van der Waals surface area contributed by atoms with Gasteiger partial charge in [-0.25, -0.2) is 0 Å². The zero-order valence-corrected chi connectivity index (χ0v) is 13.5. The molecule has 2 fully saturated rings. The predicted molar refractivity (Wildman–Crippen MR) is 86.9 cm³/mol. The van der Waals surface area contributed by atoms with Crippen LogP contribution in [0.2, 0.25) is 5.02 Å². The standard InChI is InChI=1S/C17H23ClN2O2/c18-15-3-1-14(2-4-15)17(6-9-22-10-7-17)16(21)20-8-5-13(11-19)12-20/h1-4,13H,5-12,19H2. The fourth-order valence-corrected chi connectivity index (χ4v) is 3.75. The molecule has 0 spiro atoms. The van der Waals surface area contributed by atoms with Gasteiger partial charge in [0.05, 0.1) is 5.41 Å². The topological polar surface area (TPSA) is 55.6 Å². The van der Waals surface area contributed by atoms with E-state index < -0.39 is 5.41 Å². The van der Waals surface area contributed by atoms with Crippen molar-refractivity contribution in [3.05, 3.63) is 34.9 Å². The van der Waals surface area contributed by atoms with Crippen LogP contribution in [0.5, 0.6) is 0 Å². The zero-order chi connectivity index (χ0) is 15.6. The number of halogens is 1. The number of hydrogen-bond acceptors (Lipinski definition) is 3. The van der Waals surface area contributed by atoms with E-state index in [-0.39, 0.29) is 5.91 Å². The summed E-state index contributed by atoms with van der Waals surface area (Å²) in [6, 6.07) is 7.71. The molecule has 0 saturated carbocycles. The minimum Gasteiger partial charge on any atom is -0.381 e. The third-order valence-corrected chi connectivity index (χ3v) is 5.31. The van der Waals surface area contributed by atoms with E-state index in [2.05, 4.69) is 0 Å². The fourth-order valence-electron chi connectivity index (χ4n) is 3.63. The van der Waals surface area contributed by atoms with Gasteiger partial charge in [-0.1, -0.05) is 23.7 Å². The van der Waals surface area contributed by atoms with Crippen molar-refractivity contribution in [2.75, 3.05) is 32.8 Å². The number of hydrogen-bond donors (Lipinski definition) is 1. The van der Waals surface area contributed by atoms with Crippen LogP contribution in [0.4, 0.5) is 0 Å². The highest BCUT2D eigenvalue weighted by atomic mass is 35.5. The Morgan fingerprint density at radius 2 is 2.00 bits per heavy atom. The number of ether oxygens (including phenoxy) is 1. The minimum absolute atomic E-state index is 0.231. The Hall–Kier alpha value is -1.10. The third-order valence-electron chi connectivity index (χ3n) is 5.06. The maximum absolute atomic E-state index is 13.3. The number of nitrogens with two attached hydrogens (primary N) is 1. The lowest BCUT2D eigenvalue weighted by Gasteiger charge is -2.39. The Balaban J connectivity index is 1.89. The monoisotopic (exact) mass is 322 g/mol. The fraction of sp³-hybridized carbons (Fsp3) is 0.588. The van der Waals surface area contributed by atoms with Crippen molar-refractivity contribution in [1.29, 1.82) is 0 Å². The van der Waals surface area contributed by atoms with Gasteiger partial charge in [-0.3, -0.25) is 4.79 Å². The van der Waals surface area contributed by atoms with Crippen LogP contribution in [0, 0.1) is 5.92 Å². The number of benzene rings is 1. The quantitative estimate of drug-likeness (QED) is 0.928. The van der Waals surface area contributed by atoms with Gasteiger partial charge in [0.25, 0.3) is 0 Å². The molecule has 2 N–H and O–H groups in total. The summed E-state index contributed by atoms with van der Waals surface area (Å²) in [6.45, 7) is 3.51. The van der Waals surface area contributed by atoms with Gasteiger partial charge in [0.15, 0.2) is 0 Å². The second-order valence-electron chi connectivity index (χ2n) is 6.34. The molecule has 2 heterocycles. The molecule has 1 amide bonds. The van der Waals surface area contributed by atoms with Crippen molar-refractivity contribution in [3.63, 3.8) is 0 Å². The molecule has 3 rings (SSSR count). The highest BCUT2D eigenvalue weighted by Crippen LogP contribution is 2.38. The first-order valence-corrected chi connectivity index (χ1v) is 8.37. The third kappa shape index (κ3) is 2.87. The lowest BCUT2D eigenvalue weighted by molar-refractivity contribution is -0.140. The van der Waals surface area contributed by atoms with Gasteiger partial charge < -0.3 is 15.4 Å². The van der Waals surface area contributed by atoms with Crippen LogP contribution >= 0.6 is 11.6 Å². The molecule has 22 heavy (non-hydrogen) atoms. The Labute approximate surface area is 136 Å². The van der Waals surface area contributed by atoms with Crippen molar-refractivity contribution >= 4 is 17.5 Å². The Bertz CT molecular complexity index is 526. The van der Waals surface area contributed by atoms with E-state index in [0.29, 0.717) is 30.7 Å². The molecule has 1 aromatic rings. The highest BCUT2D eigenvalue weighted by molar-refractivity contribution is 6.30. The van der Waals surface area contributed by atoms with E-state index >= 15 is 0 Å². The van der Waals surface area contributed by atoms with E-state index in [0.717, 1.165) is 37.9 Å². The van der Waals surface area contributed by atoms with Crippen LogP contribution in [0.3, 0.4) is 0 Å². The lowest BCUT2D eigenvalue weighted by Crippen LogP contribution is -2.49. The van der Waals surface area contributed by atoms with E-state index in [1.54, 1.807) is 0 Å². The summed E-state index contributed by atoms with van der Waals surface area (Å²) >= 11 is 6.01. The van der Waals surface area contributed by atoms with Gasteiger partial charge in [0.2, 0.25) is 5.91 Å². The molecular formula is C17H23ClN2O2. The van der Waals surface area contributed by atoms with Crippen molar-refractivity contribution in [2.24, 2.45) is 11.7 Å². The molecule has 120 valence electrons. The number of carbonyl (C=O) groups is 1. The van der Waals surface area contributed by atoms with Crippen molar-refractivity contribution in [1.82, 2.24) is 4.90 Å². The van der Waals surface area contributed by atoms with Crippen LogP contribution in [-0.4, -0.2) is 43.7 Å². The summed E-state index contributed by atoms with van der Waals surface area (Å²) in [7, 11) is 0. The largest absolute Gasteiger partial charge is 0.381 e. The van der Waals surface area contributed by atoms with Gasteiger partial charge in [0.1, 0.15) is 0 Å². The molecule has 2 aliphatic heterocycles. The van der Waals surface area contributed by atoms with Crippen molar-refractivity contribution < 1.29 is 9.53 Å². The second-order valence-corrected chi connectivity index (χ2v) is 6.78. The molecule has 1 atom stereocenters. The Morgan fingerprint density at radius 1 is 1.32 bits per heavy atom. The molecule has 0 radical (unpaired) electrons. The van der Waals surface area contributed by atoms with Gasteiger partial charge >= 0.3 is 0 Å². The summed E-state index contributed by atoms with van der Waals surface area (Å²) in [5, 5.41) is 0.697. The van der Waals surface area contributed by atoms with E-state index in [4.69, 9.17) is 22.1 Å². The van der Waals surface area contributed by atoms with E-state index in [1.165, 1.54) is 0 Å². The number of carbonyl (C=O) groups excluding carboxylic acids is 1. The lowest BCUT2D eigenvalue weighted by atomic mass is 9.73. The highest BCUT2D eigenvalue weighted by Gasteiger charge is 2.45. The van der Waals surface area contributed by atoms with Crippen LogP contribution < -0.4 is 5.73 Å². The first-order valence-electron chi connectivity index (χ1n) is 7.99. The Morgan fingerprint density at radius 3 is 2.59 bits per heavy atom. The molecule has 0 aromatic heterocycles. The smallest absolute Gasteiger partial charge is 0.233 e. The summed E-state index contributed by atoms with van der Waals surface area (Å²) in [5.74, 6) is 0.667. The predicted octanol–water partition coefficient (Wildman–Crippen LogP) is 2.20. The molecule has 0 bridgehead atoms. The molecule has 0 aliphatic carbocycles. The van der Waals surface area contributed by atoms with Crippen molar-refractivity contribution in [3.8, 4) is 0 Å². The molecule has 2 aliphatic rings. The van der Waals surface area contributed by atoms with Gasteiger partial charge in [-0.05, 0) is 49.4 Å². The first kappa shape index (κ1) is 15.8. The molecule has 2 saturated heterocycles. The number of nitrogens with zero attached hydrogens (tertiary/aromatic N) is 1. The van der Waals surface area contributed by atoms with Gasteiger partial charge in [0, 0.05) is 31.3 Å². The minimum atomic E-state index is -0.466. The zero-order valence-electron chi connectivity index (χ0n) is 12.8. The van der Waals surface area contributed by atoms with Crippen LogP contribution in [0.25, 0.3) is 0 Å². The van der Waals surface area contributed by atoms with Crippen molar-refractivity contribution in [2.45, 2.75) is 24.7 Å². The van der Waals surface area contributed by atoms with Gasteiger partial charge in [-0.2, -0.15) is 0 Å². The molecule has 5 heteroatoms. The number of amides is 1. The average molecular weight is 323 g/mol. The van der Waals surface area contributed by atoms with Gasteiger partial charge in [-0.15, -0.1) is 0 Å². The second kappa shape index (κ2) is 6.57. The maximum Gasteiger partial charge on any atom is 0.233 e. The molecule has 4 nitrogen and oxygen atoms in total. The number of rotatable bonds is 3. The maximum atomic E-state index is 13.3. The SMILES string of the molecule is NCC1CCN(C(=O)C2(c3ccc(Cl)cc3)CCOCC2)C1. The normalized spacial score (nSPS) is 24.5. The van der Waals surface area contributed by atoms with Crippen LogP contribution in [0.15, 0.2) is 24.3 Å². The molecular weight excluding hydrogens is 300 g/mol. The first-order chi connectivity index (χ1) is 10.7. The van der Waals surface area contributed by atoms with Crippen LogP contribution in [0.1, 0.15) is 24.8 Å². The van der Waals surface area contributed by atoms with E-state index in [1.807, 2.05) is 29.2 Å². The summed E-state index contributed by atoms with van der Waals surface area (Å²) in [4.78, 5) is 15.3. The Kier molecular flexibility index (Phi) is 4.71. The molecule has 1 unspecified atom stereocenters. The summed E-state index contributed by atoms with van der Waals surface area (Å²) in [5.41, 5.74) is 6.35. The average Bonchev–Trinajstić information content (AvgIpc) is 3.04. The van der Waals surface area contributed by atoms with Crippen LogP contribution in [-0.2, 0) is 14.9 Å². The van der Waals surface area contributed by atoms with E-state index in [9.17, 15) is 4.79 Å². The number of likely N-dealkylation sites (tertiary alicyclic amines) is 1. The summed E-state index contributed by atoms with van der Waals surface area (Å²) in [6.07, 6.45) is 2.48. The summed E-state index contributed by atoms with van der Waals surface area (Å²) < 4.78 is 5.51.